The second-order valence-electron chi connectivity index (χ2n) is 3.03. The third-order valence-corrected chi connectivity index (χ3v) is 2.73. The van der Waals surface area contributed by atoms with E-state index in [4.69, 9.17) is 23.2 Å². The zero-order valence-corrected chi connectivity index (χ0v) is 9.02. The largest absolute Gasteiger partial charge is 0.335 e. The molecular formula is C10H8Cl2N2. The van der Waals surface area contributed by atoms with Gasteiger partial charge in [0.15, 0.2) is 0 Å². The van der Waals surface area contributed by atoms with Crippen LogP contribution in [0.5, 0.6) is 0 Å². The van der Waals surface area contributed by atoms with Crippen molar-refractivity contribution in [3.63, 3.8) is 0 Å². The molecule has 0 aliphatic heterocycles. The highest BCUT2D eigenvalue weighted by Crippen LogP contribution is 2.27. The molecule has 1 aromatic carbocycles. The summed E-state index contributed by atoms with van der Waals surface area (Å²) in [6.07, 6.45) is 1.56. The molecule has 2 aromatic rings. The number of rotatable bonds is 1. The molecule has 0 atom stereocenters. The Morgan fingerprint density at radius 2 is 2.07 bits per heavy atom. The summed E-state index contributed by atoms with van der Waals surface area (Å²) in [6, 6.07) is 5.75. The minimum absolute atomic E-state index is 0.532. The smallest absolute Gasteiger partial charge is 0.134 e. The van der Waals surface area contributed by atoms with Crippen molar-refractivity contribution in [1.82, 2.24) is 9.97 Å². The van der Waals surface area contributed by atoms with Gasteiger partial charge in [-0.15, -0.1) is 0 Å². The molecule has 14 heavy (non-hydrogen) atoms. The Morgan fingerprint density at radius 1 is 1.29 bits per heavy atom. The van der Waals surface area contributed by atoms with Crippen LogP contribution in [0.1, 0.15) is 5.56 Å². The van der Waals surface area contributed by atoms with Crippen molar-refractivity contribution in [2.24, 2.45) is 0 Å². The van der Waals surface area contributed by atoms with Gasteiger partial charge in [-0.2, -0.15) is 0 Å². The van der Waals surface area contributed by atoms with Gasteiger partial charge in [-0.05, 0) is 18.6 Å². The van der Waals surface area contributed by atoms with E-state index in [1.54, 1.807) is 6.33 Å². The minimum Gasteiger partial charge on any atom is -0.335 e. The van der Waals surface area contributed by atoms with Crippen LogP contribution in [-0.2, 0) is 0 Å². The highest BCUT2D eigenvalue weighted by molar-refractivity contribution is 6.33. The fourth-order valence-corrected chi connectivity index (χ4v) is 1.61. The van der Waals surface area contributed by atoms with E-state index in [2.05, 4.69) is 9.97 Å². The summed E-state index contributed by atoms with van der Waals surface area (Å²) < 4.78 is 0. The van der Waals surface area contributed by atoms with Gasteiger partial charge in [0.2, 0.25) is 0 Å². The molecular weight excluding hydrogens is 219 g/mol. The van der Waals surface area contributed by atoms with Crippen LogP contribution in [0, 0.1) is 6.92 Å². The maximum Gasteiger partial charge on any atom is 0.134 e. The quantitative estimate of drug-likeness (QED) is 0.790. The van der Waals surface area contributed by atoms with Crippen LogP contribution in [0.15, 0.2) is 24.5 Å². The molecule has 0 aliphatic carbocycles. The number of aromatic amines is 1. The Bertz CT molecular complexity index is 463. The Labute approximate surface area is 91.9 Å². The molecule has 0 unspecified atom stereocenters. The SMILES string of the molecule is Cc1ccc(-c2nc[nH]c2Cl)cc1Cl. The maximum absolute atomic E-state index is 6.00. The van der Waals surface area contributed by atoms with Crippen LogP contribution in [0.3, 0.4) is 0 Å². The highest BCUT2D eigenvalue weighted by Gasteiger charge is 2.06. The summed E-state index contributed by atoms with van der Waals surface area (Å²) in [5, 5.41) is 1.26. The number of benzene rings is 1. The van der Waals surface area contributed by atoms with E-state index in [1.165, 1.54) is 0 Å². The lowest BCUT2D eigenvalue weighted by Gasteiger charge is -2.01. The lowest BCUT2D eigenvalue weighted by Crippen LogP contribution is -1.81. The predicted molar refractivity (Wildman–Crippen MR) is 58.8 cm³/mol. The predicted octanol–water partition coefficient (Wildman–Crippen LogP) is 3.69. The number of aryl methyl sites for hydroxylation is 1. The van der Waals surface area contributed by atoms with Gasteiger partial charge in [0, 0.05) is 10.6 Å². The third-order valence-electron chi connectivity index (χ3n) is 2.04. The van der Waals surface area contributed by atoms with Gasteiger partial charge in [0.25, 0.3) is 0 Å². The van der Waals surface area contributed by atoms with E-state index in [0.29, 0.717) is 5.15 Å². The first-order valence-corrected chi connectivity index (χ1v) is 4.89. The van der Waals surface area contributed by atoms with Gasteiger partial charge in [0.1, 0.15) is 10.8 Å². The monoisotopic (exact) mass is 226 g/mol. The first-order valence-electron chi connectivity index (χ1n) is 4.14. The molecule has 72 valence electrons. The first kappa shape index (κ1) is 9.56. The van der Waals surface area contributed by atoms with E-state index < -0.39 is 0 Å². The first-order chi connectivity index (χ1) is 6.68. The van der Waals surface area contributed by atoms with Crippen molar-refractivity contribution < 1.29 is 0 Å². The van der Waals surface area contributed by atoms with E-state index in [0.717, 1.165) is 21.8 Å². The maximum atomic E-state index is 6.00. The summed E-state index contributed by atoms with van der Waals surface area (Å²) in [5.41, 5.74) is 2.70. The van der Waals surface area contributed by atoms with Gasteiger partial charge in [-0.3, -0.25) is 0 Å². The Morgan fingerprint density at radius 3 is 2.64 bits per heavy atom. The summed E-state index contributed by atoms with van der Waals surface area (Å²) in [7, 11) is 0. The fourth-order valence-electron chi connectivity index (χ4n) is 1.22. The number of imidazole rings is 1. The molecule has 0 spiro atoms. The van der Waals surface area contributed by atoms with Crippen LogP contribution < -0.4 is 0 Å². The summed E-state index contributed by atoms with van der Waals surface area (Å²) in [6.45, 7) is 1.96. The molecule has 0 saturated carbocycles. The Kier molecular flexibility index (Phi) is 2.48. The molecule has 0 bridgehead atoms. The number of nitrogens with zero attached hydrogens (tertiary/aromatic N) is 1. The molecule has 0 aliphatic rings. The fraction of sp³-hybridized carbons (Fsp3) is 0.100. The Balaban J connectivity index is 2.53. The van der Waals surface area contributed by atoms with Crippen LogP contribution in [0.25, 0.3) is 11.3 Å². The van der Waals surface area contributed by atoms with Crippen LogP contribution in [-0.4, -0.2) is 9.97 Å². The molecule has 0 fully saturated rings. The van der Waals surface area contributed by atoms with Crippen molar-refractivity contribution in [2.75, 3.05) is 0 Å². The van der Waals surface area contributed by atoms with Gasteiger partial charge in [-0.1, -0.05) is 35.3 Å². The second kappa shape index (κ2) is 3.64. The van der Waals surface area contributed by atoms with Crippen molar-refractivity contribution in [3.05, 3.63) is 40.3 Å². The molecule has 1 aromatic heterocycles. The number of hydrogen-bond donors (Lipinski definition) is 1. The highest BCUT2D eigenvalue weighted by atomic mass is 35.5. The summed E-state index contributed by atoms with van der Waals surface area (Å²) in [4.78, 5) is 6.92. The Hall–Kier alpha value is -0.990. The lowest BCUT2D eigenvalue weighted by atomic mass is 10.1. The lowest BCUT2D eigenvalue weighted by molar-refractivity contribution is 1.31. The molecule has 1 N–H and O–H groups in total. The van der Waals surface area contributed by atoms with E-state index >= 15 is 0 Å². The van der Waals surface area contributed by atoms with Crippen molar-refractivity contribution in [3.8, 4) is 11.3 Å². The number of aromatic nitrogens is 2. The number of hydrogen-bond acceptors (Lipinski definition) is 1. The number of H-pyrrole nitrogens is 1. The molecule has 4 heteroatoms. The summed E-state index contributed by atoms with van der Waals surface area (Å²) >= 11 is 11.9. The van der Waals surface area contributed by atoms with Crippen LogP contribution >= 0.6 is 23.2 Å². The van der Waals surface area contributed by atoms with E-state index in [1.807, 2.05) is 25.1 Å². The third kappa shape index (κ3) is 1.63. The van der Waals surface area contributed by atoms with Crippen molar-refractivity contribution >= 4 is 23.2 Å². The molecule has 2 rings (SSSR count). The van der Waals surface area contributed by atoms with E-state index in [9.17, 15) is 0 Å². The topological polar surface area (TPSA) is 28.7 Å². The second-order valence-corrected chi connectivity index (χ2v) is 3.81. The number of halogens is 2. The van der Waals surface area contributed by atoms with Gasteiger partial charge in [0.05, 0.1) is 6.33 Å². The molecule has 0 radical (unpaired) electrons. The van der Waals surface area contributed by atoms with Crippen LogP contribution in [0.2, 0.25) is 10.2 Å². The van der Waals surface area contributed by atoms with E-state index in [-0.39, 0.29) is 0 Å². The van der Waals surface area contributed by atoms with Gasteiger partial charge in [-0.25, -0.2) is 4.98 Å². The van der Waals surface area contributed by atoms with Crippen molar-refractivity contribution in [2.45, 2.75) is 6.92 Å². The van der Waals surface area contributed by atoms with Gasteiger partial charge < -0.3 is 4.98 Å². The normalized spacial score (nSPS) is 10.5. The molecule has 2 nitrogen and oxygen atoms in total. The van der Waals surface area contributed by atoms with Crippen LogP contribution in [0.4, 0.5) is 0 Å². The average molecular weight is 227 g/mol. The standard InChI is InChI=1S/C10H8Cl2N2/c1-6-2-3-7(4-8(6)11)9-10(12)14-5-13-9/h2-5H,1H3,(H,13,14). The molecule has 0 amide bonds. The zero-order valence-electron chi connectivity index (χ0n) is 7.51. The minimum atomic E-state index is 0.532. The molecule has 0 saturated heterocycles. The molecule has 1 heterocycles. The van der Waals surface area contributed by atoms with Crippen molar-refractivity contribution in [1.29, 1.82) is 0 Å². The zero-order chi connectivity index (χ0) is 10.1. The number of nitrogens with one attached hydrogen (secondary N) is 1. The van der Waals surface area contributed by atoms with Gasteiger partial charge >= 0.3 is 0 Å². The summed E-state index contributed by atoms with van der Waals surface area (Å²) in [5.74, 6) is 0. The average Bonchev–Trinajstić information content (AvgIpc) is 2.57.